The maximum absolute atomic E-state index is 12.6. The highest BCUT2D eigenvalue weighted by molar-refractivity contribution is 6.21. The van der Waals surface area contributed by atoms with E-state index in [0.717, 1.165) is 12.1 Å². The Kier molecular flexibility index (Phi) is 4.39. The second kappa shape index (κ2) is 6.87. The number of hydrogen-bond donors (Lipinski definition) is 1. The van der Waals surface area contributed by atoms with Gasteiger partial charge in [0.2, 0.25) is 0 Å². The molecule has 4 amide bonds. The molecule has 0 fully saturated rings. The fraction of sp³-hybridized carbons (Fsp3) is 0.286. The van der Waals surface area contributed by atoms with Crippen LogP contribution in [0.3, 0.4) is 0 Å². The van der Waals surface area contributed by atoms with Crippen LogP contribution in [-0.4, -0.2) is 41.9 Å². The lowest BCUT2D eigenvalue weighted by atomic mass is 10.1. The minimum Gasteiger partial charge on any atom is -0.338 e. The van der Waals surface area contributed by atoms with Crippen LogP contribution in [0.4, 0.5) is 10.5 Å². The molecule has 0 saturated carbocycles. The standard InChI is InChI=1S/C21H21N3O3/c1-14-13-15-7-2-5-10-18(15)24(14)21(27)22-11-6-12-23-19(25)16-8-3-4-9-17(16)20(23)26/h2-5,7-10,14H,6,11-13H2,1H3,(H,22,27). The summed E-state index contributed by atoms with van der Waals surface area (Å²) in [6.45, 7) is 2.72. The van der Waals surface area contributed by atoms with Gasteiger partial charge in [0.25, 0.3) is 11.8 Å². The largest absolute Gasteiger partial charge is 0.338 e. The molecule has 6 heteroatoms. The summed E-state index contributed by atoms with van der Waals surface area (Å²) in [5, 5.41) is 2.91. The molecule has 1 unspecified atom stereocenters. The topological polar surface area (TPSA) is 69.7 Å². The van der Waals surface area contributed by atoms with E-state index in [0.29, 0.717) is 30.6 Å². The Bertz CT molecular complexity index is 889. The van der Waals surface area contributed by atoms with Crippen LogP contribution in [-0.2, 0) is 6.42 Å². The van der Waals surface area contributed by atoms with Gasteiger partial charge in [-0.3, -0.25) is 19.4 Å². The Labute approximate surface area is 157 Å². The van der Waals surface area contributed by atoms with Crippen molar-refractivity contribution in [3.05, 3.63) is 65.2 Å². The SMILES string of the molecule is CC1Cc2ccccc2N1C(=O)NCCCN1C(=O)c2ccccc2C1=O. The zero-order valence-corrected chi connectivity index (χ0v) is 15.1. The first-order valence-electron chi connectivity index (χ1n) is 9.18. The lowest BCUT2D eigenvalue weighted by molar-refractivity contribution is 0.0653. The molecule has 0 aromatic heterocycles. The number of rotatable bonds is 4. The summed E-state index contributed by atoms with van der Waals surface area (Å²) in [4.78, 5) is 40.3. The monoisotopic (exact) mass is 363 g/mol. The van der Waals surface area contributed by atoms with Crippen molar-refractivity contribution < 1.29 is 14.4 Å². The van der Waals surface area contributed by atoms with Crippen molar-refractivity contribution in [1.29, 1.82) is 0 Å². The van der Waals surface area contributed by atoms with Crippen molar-refractivity contribution in [2.75, 3.05) is 18.0 Å². The smallest absolute Gasteiger partial charge is 0.322 e. The van der Waals surface area contributed by atoms with Gasteiger partial charge in [0.1, 0.15) is 0 Å². The number of urea groups is 1. The molecule has 2 aliphatic heterocycles. The first-order valence-corrected chi connectivity index (χ1v) is 9.18. The number of imide groups is 1. The maximum Gasteiger partial charge on any atom is 0.322 e. The number of nitrogens with zero attached hydrogens (tertiary/aromatic N) is 2. The normalized spacial score (nSPS) is 17.9. The zero-order valence-electron chi connectivity index (χ0n) is 15.1. The van der Waals surface area contributed by atoms with E-state index in [4.69, 9.17) is 0 Å². The predicted octanol–water partition coefficient (Wildman–Crippen LogP) is 2.83. The highest BCUT2D eigenvalue weighted by atomic mass is 16.2. The summed E-state index contributed by atoms with van der Waals surface area (Å²) >= 11 is 0. The van der Waals surface area contributed by atoms with Crippen LogP contribution in [0.15, 0.2) is 48.5 Å². The van der Waals surface area contributed by atoms with Gasteiger partial charge in [-0.15, -0.1) is 0 Å². The summed E-state index contributed by atoms with van der Waals surface area (Å²) in [6, 6.07) is 14.7. The van der Waals surface area contributed by atoms with E-state index in [-0.39, 0.29) is 23.9 Å². The number of amides is 4. The number of anilines is 1. The molecule has 0 spiro atoms. The molecule has 0 saturated heterocycles. The van der Waals surface area contributed by atoms with Crippen LogP contribution in [0.2, 0.25) is 0 Å². The summed E-state index contributed by atoms with van der Waals surface area (Å²) in [5.41, 5.74) is 3.03. The number of fused-ring (bicyclic) bond motifs is 2. The Morgan fingerprint density at radius 1 is 1.04 bits per heavy atom. The van der Waals surface area contributed by atoms with Gasteiger partial charge in [-0.2, -0.15) is 0 Å². The van der Waals surface area contributed by atoms with Crippen molar-refractivity contribution >= 4 is 23.5 Å². The van der Waals surface area contributed by atoms with Crippen molar-refractivity contribution in [3.8, 4) is 0 Å². The maximum atomic E-state index is 12.6. The average Bonchev–Trinajstić information content (AvgIpc) is 3.13. The lowest BCUT2D eigenvalue weighted by Crippen LogP contribution is -2.44. The molecular formula is C21H21N3O3. The van der Waals surface area contributed by atoms with E-state index >= 15 is 0 Å². The number of nitrogens with one attached hydrogen (secondary N) is 1. The molecule has 27 heavy (non-hydrogen) atoms. The minimum atomic E-state index is -0.260. The molecule has 6 nitrogen and oxygen atoms in total. The van der Waals surface area contributed by atoms with Crippen molar-refractivity contribution in [1.82, 2.24) is 10.2 Å². The number of carbonyl (C=O) groups excluding carboxylic acids is 3. The van der Waals surface area contributed by atoms with Gasteiger partial charge < -0.3 is 5.32 Å². The number of carbonyl (C=O) groups is 3. The van der Waals surface area contributed by atoms with Crippen LogP contribution in [0.5, 0.6) is 0 Å². The Hall–Kier alpha value is -3.15. The summed E-state index contributed by atoms with van der Waals surface area (Å²) < 4.78 is 0. The molecule has 138 valence electrons. The van der Waals surface area contributed by atoms with Crippen LogP contribution in [0.1, 0.15) is 39.6 Å². The molecule has 4 rings (SSSR count). The minimum absolute atomic E-state index is 0.110. The van der Waals surface area contributed by atoms with Crippen molar-refractivity contribution in [2.24, 2.45) is 0 Å². The first kappa shape index (κ1) is 17.3. The van der Waals surface area contributed by atoms with E-state index in [1.54, 1.807) is 29.2 Å². The van der Waals surface area contributed by atoms with Crippen LogP contribution < -0.4 is 10.2 Å². The fourth-order valence-corrected chi connectivity index (χ4v) is 3.83. The Balaban J connectivity index is 1.32. The van der Waals surface area contributed by atoms with Crippen molar-refractivity contribution in [3.63, 3.8) is 0 Å². The van der Waals surface area contributed by atoms with Gasteiger partial charge in [0.15, 0.2) is 0 Å². The van der Waals surface area contributed by atoms with E-state index < -0.39 is 0 Å². The van der Waals surface area contributed by atoms with Gasteiger partial charge in [-0.25, -0.2) is 4.79 Å². The van der Waals surface area contributed by atoms with Gasteiger partial charge in [-0.05, 0) is 43.5 Å². The van der Waals surface area contributed by atoms with E-state index in [1.165, 1.54) is 10.5 Å². The highest BCUT2D eigenvalue weighted by Gasteiger charge is 2.34. The molecule has 0 bridgehead atoms. The third-order valence-corrected chi connectivity index (χ3v) is 5.14. The van der Waals surface area contributed by atoms with Gasteiger partial charge in [-0.1, -0.05) is 30.3 Å². The molecule has 2 heterocycles. The molecule has 2 aliphatic rings. The van der Waals surface area contributed by atoms with Gasteiger partial charge in [0, 0.05) is 24.8 Å². The lowest BCUT2D eigenvalue weighted by Gasteiger charge is -2.23. The first-order chi connectivity index (χ1) is 13.1. The average molecular weight is 363 g/mol. The van der Waals surface area contributed by atoms with E-state index in [1.807, 2.05) is 31.2 Å². The van der Waals surface area contributed by atoms with Crippen molar-refractivity contribution in [2.45, 2.75) is 25.8 Å². The Morgan fingerprint density at radius 3 is 2.37 bits per heavy atom. The summed E-state index contributed by atoms with van der Waals surface area (Å²) in [6.07, 6.45) is 1.36. The van der Waals surface area contributed by atoms with Crippen LogP contribution >= 0.6 is 0 Å². The van der Waals surface area contributed by atoms with Gasteiger partial charge in [0.05, 0.1) is 11.1 Å². The third kappa shape index (κ3) is 2.97. The molecule has 0 radical (unpaired) electrons. The molecule has 2 aromatic carbocycles. The number of benzene rings is 2. The van der Waals surface area contributed by atoms with Crippen LogP contribution in [0, 0.1) is 0 Å². The highest BCUT2D eigenvalue weighted by Crippen LogP contribution is 2.31. The predicted molar refractivity (Wildman–Crippen MR) is 102 cm³/mol. The Morgan fingerprint density at radius 2 is 1.67 bits per heavy atom. The number of hydrogen-bond acceptors (Lipinski definition) is 3. The van der Waals surface area contributed by atoms with E-state index in [9.17, 15) is 14.4 Å². The summed E-state index contributed by atoms with van der Waals surface area (Å²) in [5.74, 6) is -0.520. The fourth-order valence-electron chi connectivity index (χ4n) is 3.83. The molecule has 1 atom stereocenters. The second-order valence-electron chi connectivity index (χ2n) is 6.94. The quantitative estimate of drug-likeness (QED) is 0.671. The molecular weight excluding hydrogens is 342 g/mol. The summed E-state index contributed by atoms with van der Waals surface area (Å²) in [7, 11) is 0. The molecule has 2 aromatic rings. The second-order valence-corrected chi connectivity index (χ2v) is 6.94. The van der Waals surface area contributed by atoms with Crippen LogP contribution in [0.25, 0.3) is 0 Å². The van der Waals surface area contributed by atoms with E-state index in [2.05, 4.69) is 5.32 Å². The molecule has 0 aliphatic carbocycles. The third-order valence-electron chi connectivity index (χ3n) is 5.14. The zero-order chi connectivity index (χ0) is 19.0. The molecule has 1 N–H and O–H groups in total. The van der Waals surface area contributed by atoms with Gasteiger partial charge >= 0.3 is 6.03 Å². The number of para-hydroxylation sites is 1.